The smallest absolute Gasteiger partial charge is 0.228 e. The Morgan fingerprint density at radius 3 is 2.85 bits per heavy atom. The van der Waals surface area contributed by atoms with Crippen molar-refractivity contribution in [3.63, 3.8) is 0 Å². The monoisotopic (exact) mass is 452 g/mol. The second-order valence-electron chi connectivity index (χ2n) is 8.27. The predicted molar refractivity (Wildman–Crippen MR) is 122 cm³/mol. The third-order valence-corrected chi connectivity index (χ3v) is 5.66. The lowest BCUT2D eigenvalue weighted by Crippen LogP contribution is -2.27. The highest BCUT2D eigenvalue weighted by atomic mass is 19.1. The summed E-state index contributed by atoms with van der Waals surface area (Å²) in [4.78, 5) is 35.6. The Bertz CT molecular complexity index is 1380. The maximum atomic E-state index is 14.8. The molecule has 2 aromatic heterocycles. The second kappa shape index (κ2) is 7.95. The number of Topliss-reactive ketones (excluding diaryl/α,β-unsaturated/α-hetero) is 1. The van der Waals surface area contributed by atoms with Crippen molar-refractivity contribution in [1.29, 1.82) is 0 Å². The molecule has 1 aromatic carbocycles. The van der Waals surface area contributed by atoms with E-state index in [1.807, 2.05) is 11.9 Å². The molecule has 9 nitrogen and oxygen atoms in total. The van der Waals surface area contributed by atoms with Gasteiger partial charge in [0.2, 0.25) is 5.91 Å². The molecular weight excluding hydrogens is 425 g/mol. The summed E-state index contributed by atoms with van der Waals surface area (Å²) in [7, 11) is 1.82. The zero-order valence-corrected chi connectivity index (χ0v) is 18.1. The number of nitrogens with one attached hydrogen (secondary N) is 2. The summed E-state index contributed by atoms with van der Waals surface area (Å²) in [6.07, 6.45) is 2.14. The molecule has 0 unspecified atom stereocenters. The van der Waals surface area contributed by atoms with Crippen LogP contribution >= 0.6 is 0 Å². The van der Waals surface area contributed by atoms with E-state index in [1.54, 1.807) is 11.6 Å². The maximum absolute atomic E-state index is 14.8. The van der Waals surface area contributed by atoms with Crippen molar-refractivity contribution in [2.45, 2.75) is 39.6 Å². The van der Waals surface area contributed by atoms with Crippen LogP contribution in [-0.4, -0.2) is 38.5 Å². The number of hydrogen-bond donors (Lipinski definition) is 2. The summed E-state index contributed by atoms with van der Waals surface area (Å²) in [6, 6.07) is 4.09. The second-order valence-corrected chi connectivity index (χ2v) is 8.27. The van der Waals surface area contributed by atoms with E-state index < -0.39 is 24.9 Å². The minimum atomic E-state index is -2.48. The molecule has 2 N–H and O–H groups in total. The van der Waals surface area contributed by atoms with Gasteiger partial charge in [-0.05, 0) is 25.8 Å². The number of halogens is 1. The van der Waals surface area contributed by atoms with Crippen molar-refractivity contribution in [3.8, 4) is 5.69 Å². The number of nitrogens with zero attached hydrogens (tertiary/aromatic N) is 5. The summed E-state index contributed by atoms with van der Waals surface area (Å²) in [6.45, 7) is -0.314. The van der Waals surface area contributed by atoms with E-state index in [-0.39, 0.29) is 28.9 Å². The minimum absolute atomic E-state index is 0.0179. The Labute approximate surface area is 194 Å². The van der Waals surface area contributed by atoms with Crippen LogP contribution in [-0.2, 0) is 11.3 Å². The van der Waals surface area contributed by atoms with Gasteiger partial charge >= 0.3 is 0 Å². The highest BCUT2D eigenvalue weighted by molar-refractivity contribution is 6.03. The number of aromatic nitrogens is 4. The molecule has 1 aliphatic carbocycles. The lowest BCUT2D eigenvalue weighted by atomic mass is 10.1. The van der Waals surface area contributed by atoms with E-state index in [0.717, 1.165) is 12.8 Å². The molecule has 3 heterocycles. The van der Waals surface area contributed by atoms with E-state index in [2.05, 4.69) is 25.7 Å². The number of carbonyl (C=O) groups is 2. The van der Waals surface area contributed by atoms with E-state index in [4.69, 9.17) is 4.11 Å². The molecule has 0 spiro atoms. The number of benzene rings is 1. The molecule has 33 heavy (non-hydrogen) atoms. The molecule has 170 valence electrons. The van der Waals surface area contributed by atoms with Crippen LogP contribution < -0.4 is 15.5 Å². The van der Waals surface area contributed by atoms with E-state index in [1.165, 1.54) is 24.4 Å². The van der Waals surface area contributed by atoms with Crippen LogP contribution in [0.1, 0.15) is 52.2 Å². The Morgan fingerprint density at radius 2 is 2.09 bits per heavy atom. The highest BCUT2D eigenvalue weighted by Gasteiger charge is 2.30. The molecule has 1 saturated carbocycles. The fraction of sp³-hybridized carbons (Fsp3) is 0.348. The SMILES string of the molecule is [2H]C([2H])([2H])CC(=O)c1cnc(NC(=O)C2CC2)cc1Nc1cc(F)cc2c1N(C)Cc1nc(C)nn1-2. The van der Waals surface area contributed by atoms with E-state index >= 15 is 0 Å². The van der Waals surface area contributed by atoms with Crippen LogP contribution in [0.5, 0.6) is 0 Å². The molecule has 10 heteroatoms. The molecule has 0 radical (unpaired) electrons. The van der Waals surface area contributed by atoms with Crippen LogP contribution in [0.4, 0.5) is 27.3 Å². The lowest BCUT2D eigenvalue weighted by Gasteiger charge is -2.30. The molecule has 2 aliphatic rings. The van der Waals surface area contributed by atoms with Gasteiger partial charge in [0.25, 0.3) is 0 Å². The predicted octanol–water partition coefficient (Wildman–Crippen LogP) is 3.74. The third-order valence-electron chi connectivity index (χ3n) is 5.66. The molecule has 1 amide bonds. The Kier molecular flexibility index (Phi) is 4.26. The molecule has 1 aliphatic heterocycles. The largest absolute Gasteiger partial charge is 0.364 e. The summed E-state index contributed by atoms with van der Waals surface area (Å²) < 4.78 is 38.8. The van der Waals surface area contributed by atoms with Gasteiger partial charge in [0.1, 0.15) is 17.5 Å². The Balaban J connectivity index is 1.58. The molecule has 0 bridgehead atoms. The van der Waals surface area contributed by atoms with Crippen molar-refractivity contribution in [2.75, 3.05) is 22.6 Å². The van der Waals surface area contributed by atoms with Gasteiger partial charge in [0, 0.05) is 41.8 Å². The Hall–Kier alpha value is -3.82. The third kappa shape index (κ3) is 3.92. The first-order chi connectivity index (χ1) is 17.0. The van der Waals surface area contributed by atoms with Crippen molar-refractivity contribution in [2.24, 2.45) is 5.92 Å². The number of aryl methyl sites for hydroxylation is 1. The topological polar surface area (TPSA) is 105 Å². The van der Waals surface area contributed by atoms with Gasteiger partial charge in [-0.3, -0.25) is 9.59 Å². The highest BCUT2D eigenvalue weighted by Crippen LogP contribution is 2.40. The number of hydrogen-bond acceptors (Lipinski definition) is 7. The summed E-state index contributed by atoms with van der Waals surface area (Å²) >= 11 is 0. The fourth-order valence-electron chi connectivity index (χ4n) is 3.95. The van der Waals surface area contributed by atoms with Crippen molar-refractivity contribution < 1.29 is 18.1 Å². The normalized spacial score (nSPS) is 16.2. The van der Waals surface area contributed by atoms with Crippen molar-refractivity contribution >= 4 is 34.6 Å². The molecule has 0 atom stereocenters. The number of anilines is 4. The number of ketones is 1. The lowest BCUT2D eigenvalue weighted by molar-refractivity contribution is -0.117. The minimum Gasteiger partial charge on any atom is -0.364 e. The molecule has 3 aromatic rings. The molecule has 1 fully saturated rings. The number of fused-ring (bicyclic) bond motifs is 3. The molecule has 0 saturated heterocycles. The first kappa shape index (κ1) is 17.7. The fourth-order valence-corrected chi connectivity index (χ4v) is 3.95. The number of amides is 1. The van der Waals surface area contributed by atoms with Crippen LogP contribution in [0.15, 0.2) is 24.4 Å². The van der Waals surface area contributed by atoms with Gasteiger partial charge in [-0.2, -0.15) is 5.10 Å². The number of carbonyl (C=O) groups excluding carboxylic acids is 2. The van der Waals surface area contributed by atoms with Crippen LogP contribution in [0.2, 0.25) is 0 Å². The van der Waals surface area contributed by atoms with Gasteiger partial charge in [-0.15, -0.1) is 0 Å². The average Bonchev–Trinajstić information content (AvgIpc) is 3.54. The standard InChI is InChI=1S/C23H24FN7O2/c1-4-19(32)15-10-25-20(28-23(33)13-5-6-13)9-16(15)27-17-7-14(24)8-18-22(17)30(3)11-21-26-12(2)29-31(18)21/h7-10,13H,4-6,11H2,1-3H3,(H2,25,27,28,33)/i1D3. The number of rotatable bonds is 6. The maximum Gasteiger partial charge on any atom is 0.228 e. The van der Waals surface area contributed by atoms with E-state index in [0.29, 0.717) is 35.3 Å². The van der Waals surface area contributed by atoms with Crippen molar-refractivity contribution in [3.05, 3.63) is 47.4 Å². The zero-order valence-electron chi connectivity index (χ0n) is 21.1. The van der Waals surface area contributed by atoms with Gasteiger partial charge in [0.05, 0.1) is 34.9 Å². The first-order valence-corrected chi connectivity index (χ1v) is 10.6. The summed E-state index contributed by atoms with van der Waals surface area (Å²) in [5.41, 5.74) is 1.63. The van der Waals surface area contributed by atoms with Gasteiger partial charge in [0.15, 0.2) is 11.6 Å². The summed E-state index contributed by atoms with van der Waals surface area (Å²) in [5.74, 6) is -0.0338. The Morgan fingerprint density at radius 1 is 1.27 bits per heavy atom. The molecule has 5 rings (SSSR count). The van der Waals surface area contributed by atoms with Crippen LogP contribution in [0.25, 0.3) is 5.69 Å². The van der Waals surface area contributed by atoms with Gasteiger partial charge < -0.3 is 15.5 Å². The van der Waals surface area contributed by atoms with Crippen LogP contribution in [0, 0.1) is 18.7 Å². The van der Waals surface area contributed by atoms with Gasteiger partial charge in [-0.25, -0.2) is 19.0 Å². The first-order valence-electron chi connectivity index (χ1n) is 12.1. The molecular formula is C23H24FN7O2. The average molecular weight is 453 g/mol. The van der Waals surface area contributed by atoms with Gasteiger partial charge in [-0.1, -0.05) is 6.85 Å². The van der Waals surface area contributed by atoms with Crippen LogP contribution in [0.3, 0.4) is 0 Å². The summed E-state index contributed by atoms with van der Waals surface area (Å²) in [5, 5.41) is 10.2. The van der Waals surface area contributed by atoms with Crippen molar-refractivity contribution in [1.82, 2.24) is 19.7 Å². The van der Waals surface area contributed by atoms with E-state index in [9.17, 15) is 14.0 Å². The zero-order chi connectivity index (χ0) is 25.8. The number of pyridine rings is 1. The quantitative estimate of drug-likeness (QED) is 0.549.